The molecule has 120 valence electrons. The summed E-state index contributed by atoms with van der Waals surface area (Å²) in [6.07, 6.45) is 1.67. The third-order valence-electron chi connectivity index (χ3n) is 4.03. The van der Waals surface area contributed by atoms with Crippen LogP contribution >= 0.6 is 0 Å². The number of nitrogens with two attached hydrogens (primary N) is 1. The van der Waals surface area contributed by atoms with Gasteiger partial charge < -0.3 is 10.6 Å². The fourth-order valence-electron chi connectivity index (χ4n) is 2.70. The number of piperidine rings is 1. The van der Waals surface area contributed by atoms with Crippen molar-refractivity contribution in [3.63, 3.8) is 0 Å². The first-order valence-corrected chi connectivity index (χ1v) is 7.46. The number of likely N-dealkylation sites (tertiary alicyclic amines) is 1. The van der Waals surface area contributed by atoms with Gasteiger partial charge in [0.25, 0.3) is 0 Å². The van der Waals surface area contributed by atoms with Gasteiger partial charge in [-0.05, 0) is 37.1 Å². The molecule has 1 saturated heterocycles. The molecule has 6 heteroatoms. The quantitative estimate of drug-likeness (QED) is 0.882. The highest BCUT2D eigenvalue weighted by Gasteiger charge is 2.25. The number of hydrogen-bond acceptors (Lipinski definition) is 3. The number of carbonyl (C=O) groups excluding carboxylic acids is 2. The van der Waals surface area contributed by atoms with Crippen LogP contribution in [0.15, 0.2) is 24.3 Å². The van der Waals surface area contributed by atoms with Gasteiger partial charge in [-0.15, -0.1) is 0 Å². The van der Waals surface area contributed by atoms with Gasteiger partial charge in [-0.3, -0.25) is 14.5 Å². The van der Waals surface area contributed by atoms with Crippen LogP contribution in [0.5, 0.6) is 0 Å². The number of amides is 2. The molecular formula is C16H22FN3O2. The van der Waals surface area contributed by atoms with Crippen molar-refractivity contribution in [1.29, 1.82) is 0 Å². The maximum atomic E-state index is 12.9. The van der Waals surface area contributed by atoms with E-state index in [1.54, 1.807) is 24.1 Å². The van der Waals surface area contributed by atoms with Crippen LogP contribution in [-0.2, 0) is 16.1 Å². The Balaban J connectivity index is 1.85. The van der Waals surface area contributed by atoms with Crippen molar-refractivity contribution in [2.24, 2.45) is 11.7 Å². The van der Waals surface area contributed by atoms with E-state index in [9.17, 15) is 14.0 Å². The Hall–Kier alpha value is -1.95. The molecule has 1 aliphatic heterocycles. The molecular weight excluding hydrogens is 285 g/mol. The van der Waals surface area contributed by atoms with Gasteiger partial charge >= 0.3 is 0 Å². The SMILES string of the molecule is CN(Cc1ccc(F)cc1)C(=O)CN1CCC[C@@H](C(N)=O)C1. The lowest BCUT2D eigenvalue weighted by Gasteiger charge is -2.31. The second-order valence-electron chi connectivity index (χ2n) is 5.85. The highest BCUT2D eigenvalue weighted by Crippen LogP contribution is 2.16. The van der Waals surface area contributed by atoms with Crippen molar-refractivity contribution in [3.8, 4) is 0 Å². The summed E-state index contributed by atoms with van der Waals surface area (Å²) in [4.78, 5) is 27.1. The van der Waals surface area contributed by atoms with Crippen molar-refractivity contribution < 1.29 is 14.0 Å². The second-order valence-corrected chi connectivity index (χ2v) is 5.85. The first-order valence-electron chi connectivity index (χ1n) is 7.46. The summed E-state index contributed by atoms with van der Waals surface area (Å²) in [7, 11) is 1.72. The van der Waals surface area contributed by atoms with Crippen LogP contribution in [0, 0.1) is 11.7 Å². The summed E-state index contributed by atoms with van der Waals surface area (Å²) in [5, 5.41) is 0. The molecule has 1 fully saturated rings. The number of likely N-dealkylation sites (N-methyl/N-ethyl adjacent to an activating group) is 1. The molecule has 2 rings (SSSR count). The minimum Gasteiger partial charge on any atom is -0.369 e. The average molecular weight is 307 g/mol. The van der Waals surface area contributed by atoms with E-state index in [2.05, 4.69) is 0 Å². The van der Waals surface area contributed by atoms with Crippen molar-refractivity contribution >= 4 is 11.8 Å². The van der Waals surface area contributed by atoms with Gasteiger partial charge in [-0.2, -0.15) is 0 Å². The number of carbonyl (C=O) groups is 2. The molecule has 0 spiro atoms. The molecule has 5 nitrogen and oxygen atoms in total. The molecule has 0 aromatic heterocycles. The molecule has 0 bridgehead atoms. The van der Waals surface area contributed by atoms with Crippen LogP contribution in [0.4, 0.5) is 4.39 Å². The molecule has 1 aromatic carbocycles. The van der Waals surface area contributed by atoms with Crippen molar-refractivity contribution in [2.45, 2.75) is 19.4 Å². The Morgan fingerprint density at radius 1 is 1.36 bits per heavy atom. The zero-order valence-corrected chi connectivity index (χ0v) is 12.8. The molecule has 0 saturated carbocycles. The first-order chi connectivity index (χ1) is 10.5. The van der Waals surface area contributed by atoms with Crippen LogP contribution in [0.1, 0.15) is 18.4 Å². The van der Waals surface area contributed by atoms with Gasteiger partial charge in [0.15, 0.2) is 0 Å². The Kier molecular flexibility index (Phi) is 5.49. The van der Waals surface area contributed by atoms with E-state index in [-0.39, 0.29) is 30.1 Å². The van der Waals surface area contributed by atoms with E-state index in [0.29, 0.717) is 13.1 Å². The molecule has 22 heavy (non-hydrogen) atoms. The normalized spacial score (nSPS) is 18.9. The lowest BCUT2D eigenvalue weighted by Crippen LogP contribution is -2.45. The van der Waals surface area contributed by atoms with Crippen LogP contribution < -0.4 is 5.73 Å². The minimum atomic E-state index is -0.295. The van der Waals surface area contributed by atoms with Gasteiger partial charge in [0.2, 0.25) is 11.8 Å². The van der Waals surface area contributed by atoms with Crippen LogP contribution in [0.25, 0.3) is 0 Å². The largest absolute Gasteiger partial charge is 0.369 e. The van der Waals surface area contributed by atoms with Crippen LogP contribution in [-0.4, -0.2) is 48.3 Å². The molecule has 1 heterocycles. The lowest BCUT2D eigenvalue weighted by atomic mass is 9.97. The summed E-state index contributed by atoms with van der Waals surface area (Å²) in [5.41, 5.74) is 6.22. The topological polar surface area (TPSA) is 66.6 Å². The van der Waals surface area contributed by atoms with Gasteiger partial charge in [-0.25, -0.2) is 4.39 Å². The Bertz CT molecular complexity index is 533. The van der Waals surface area contributed by atoms with E-state index in [1.165, 1.54) is 12.1 Å². The van der Waals surface area contributed by atoms with Gasteiger partial charge in [0, 0.05) is 20.1 Å². The number of nitrogens with zero attached hydrogens (tertiary/aromatic N) is 2. The summed E-state index contributed by atoms with van der Waals surface area (Å²) >= 11 is 0. The maximum absolute atomic E-state index is 12.9. The van der Waals surface area contributed by atoms with E-state index >= 15 is 0 Å². The number of hydrogen-bond donors (Lipinski definition) is 1. The Morgan fingerprint density at radius 2 is 2.05 bits per heavy atom. The lowest BCUT2D eigenvalue weighted by molar-refractivity contribution is -0.133. The van der Waals surface area contributed by atoms with Crippen molar-refractivity contribution in [1.82, 2.24) is 9.80 Å². The summed E-state index contributed by atoms with van der Waals surface area (Å²) in [6, 6.07) is 6.11. The predicted octanol–water partition coefficient (Wildman–Crippen LogP) is 0.981. The zero-order chi connectivity index (χ0) is 16.1. The number of benzene rings is 1. The molecule has 2 N–H and O–H groups in total. The molecule has 1 atom stereocenters. The van der Waals surface area contributed by atoms with E-state index in [1.807, 2.05) is 4.90 Å². The molecule has 0 radical (unpaired) electrons. The van der Waals surface area contributed by atoms with E-state index < -0.39 is 0 Å². The highest BCUT2D eigenvalue weighted by molar-refractivity contribution is 5.79. The van der Waals surface area contributed by atoms with Gasteiger partial charge in [-0.1, -0.05) is 12.1 Å². The van der Waals surface area contributed by atoms with Crippen molar-refractivity contribution in [2.75, 3.05) is 26.7 Å². The standard InChI is InChI=1S/C16H22FN3O2/c1-19(9-12-4-6-14(17)7-5-12)15(21)11-20-8-2-3-13(10-20)16(18)22/h4-7,13H,2-3,8-11H2,1H3,(H2,18,22)/t13-/m1/s1. The van der Waals surface area contributed by atoms with Gasteiger partial charge in [0.05, 0.1) is 12.5 Å². The fraction of sp³-hybridized carbons (Fsp3) is 0.500. The summed E-state index contributed by atoms with van der Waals surface area (Å²) in [6.45, 7) is 2.07. The second kappa shape index (κ2) is 7.35. The van der Waals surface area contributed by atoms with Crippen LogP contribution in [0.3, 0.4) is 0 Å². The molecule has 0 unspecified atom stereocenters. The fourth-order valence-corrected chi connectivity index (χ4v) is 2.70. The number of rotatable bonds is 5. The van der Waals surface area contributed by atoms with Crippen molar-refractivity contribution in [3.05, 3.63) is 35.6 Å². The summed E-state index contributed by atoms with van der Waals surface area (Å²) in [5.74, 6) is -0.765. The maximum Gasteiger partial charge on any atom is 0.236 e. The zero-order valence-electron chi connectivity index (χ0n) is 12.8. The highest BCUT2D eigenvalue weighted by atomic mass is 19.1. The summed E-state index contributed by atoms with van der Waals surface area (Å²) < 4.78 is 12.9. The predicted molar refractivity (Wildman–Crippen MR) is 81.2 cm³/mol. The number of halogens is 1. The van der Waals surface area contributed by atoms with E-state index in [0.717, 1.165) is 24.9 Å². The smallest absolute Gasteiger partial charge is 0.236 e. The average Bonchev–Trinajstić information content (AvgIpc) is 2.49. The third-order valence-corrected chi connectivity index (χ3v) is 4.03. The van der Waals surface area contributed by atoms with Gasteiger partial charge in [0.1, 0.15) is 5.82 Å². The third kappa shape index (κ3) is 4.53. The molecule has 1 aromatic rings. The number of primary amides is 1. The monoisotopic (exact) mass is 307 g/mol. The Morgan fingerprint density at radius 3 is 2.68 bits per heavy atom. The Labute approximate surface area is 129 Å². The van der Waals surface area contributed by atoms with E-state index in [4.69, 9.17) is 5.73 Å². The molecule has 2 amide bonds. The molecule has 1 aliphatic rings. The minimum absolute atomic E-state index is 0.0190. The van der Waals surface area contributed by atoms with Crippen LogP contribution in [0.2, 0.25) is 0 Å². The first kappa shape index (κ1) is 16.4. The molecule has 0 aliphatic carbocycles.